The molecule has 2 N–H and O–H groups in total. The Labute approximate surface area is 92.3 Å². The predicted octanol–water partition coefficient (Wildman–Crippen LogP) is -0.851. The summed E-state index contributed by atoms with van der Waals surface area (Å²) >= 11 is 0. The van der Waals surface area contributed by atoms with Gasteiger partial charge in [0.1, 0.15) is 5.56 Å². The van der Waals surface area contributed by atoms with Crippen LogP contribution in [0.4, 0.5) is 0 Å². The molecular weight excluding hydrogens is 210 g/mol. The maximum Gasteiger partial charge on any atom is 0.254 e. The van der Waals surface area contributed by atoms with E-state index in [4.69, 9.17) is 5.73 Å². The molecule has 6 nitrogen and oxygen atoms in total. The number of nitrogens with two attached hydrogens (primary N) is 1. The predicted molar refractivity (Wildman–Crippen MR) is 58.4 cm³/mol. The summed E-state index contributed by atoms with van der Waals surface area (Å²) in [5, 5.41) is 0. The molecular formula is C10H13N3O3. The highest BCUT2D eigenvalue weighted by Gasteiger charge is 2.10. The number of carbonyl (C=O) groups excluding carboxylic acids is 2. The minimum absolute atomic E-state index is 0.182. The van der Waals surface area contributed by atoms with Gasteiger partial charge in [-0.25, -0.2) is 0 Å². The van der Waals surface area contributed by atoms with Crippen LogP contribution in [0.5, 0.6) is 0 Å². The monoisotopic (exact) mass is 223 g/mol. The third-order valence-electron chi connectivity index (χ3n) is 1.93. The van der Waals surface area contributed by atoms with Gasteiger partial charge in [0.2, 0.25) is 5.91 Å². The van der Waals surface area contributed by atoms with Crippen molar-refractivity contribution in [2.75, 3.05) is 20.6 Å². The molecule has 0 fully saturated rings. The number of pyridine rings is 1. The summed E-state index contributed by atoms with van der Waals surface area (Å²) in [6.07, 6.45) is 2.48. The van der Waals surface area contributed by atoms with Gasteiger partial charge in [-0.05, 0) is 14.1 Å². The lowest BCUT2D eigenvalue weighted by molar-refractivity contribution is 0.0875. The Kier molecular flexibility index (Phi) is 3.57. The molecule has 1 aromatic rings. The molecule has 0 spiro atoms. The van der Waals surface area contributed by atoms with Crippen LogP contribution in [0.15, 0.2) is 23.3 Å². The Morgan fingerprint density at radius 2 is 2.06 bits per heavy atom. The van der Waals surface area contributed by atoms with Gasteiger partial charge in [0.05, 0.1) is 6.54 Å². The Morgan fingerprint density at radius 1 is 1.44 bits per heavy atom. The van der Waals surface area contributed by atoms with Crippen molar-refractivity contribution in [1.29, 1.82) is 0 Å². The fourth-order valence-corrected chi connectivity index (χ4v) is 1.18. The van der Waals surface area contributed by atoms with Crippen molar-refractivity contribution in [2.45, 2.75) is 0 Å². The van der Waals surface area contributed by atoms with Crippen molar-refractivity contribution in [3.8, 4) is 0 Å². The number of carbonyl (C=O) groups is 2. The molecule has 0 unspecified atom stereocenters. The molecule has 0 aliphatic rings. The van der Waals surface area contributed by atoms with Gasteiger partial charge < -0.3 is 10.6 Å². The zero-order valence-electron chi connectivity index (χ0n) is 9.14. The van der Waals surface area contributed by atoms with Crippen LogP contribution in [0.3, 0.4) is 0 Å². The number of nitrogens with zero attached hydrogens (tertiary/aromatic N) is 2. The highest BCUT2D eigenvalue weighted by molar-refractivity contribution is 5.93. The van der Waals surface area contributed by atoms with Crippen molar-refractivity contribution >= 4 is 11.8 Å². The molecule has 1 aromatic heterocycles. The van der Waals surface area contributed by atoms with Crippen molar-refractivity contribution in [2.24, 2.45) is 5.73 Å². The van der Waals surface area contributed by atoms with Crippen molar-refractivity contribution < 1.29 is 9.59 Å². The van der Waals surface area contributed by atoms with Gasteiger partial charge >= 0.3 is 0 Å². The van der Waals surface area contributed by atoms with E-state index >= 15 is 0 Å². The van der Waals surface area contributed by atoms with E-state index in [-0.39, 0.29) is 18.0 Å². The lowest BCUT2D eigenvalue weighted by Gasteiger charge is -2.10. The van der Waals surface area contributed by atoms with Crippen LogP contribution in [0.25, 0.3) is 0 Å². The van der Waals surface area contributed by atoms with Crippen LogP contribution >= 0.6 is 0 Å². The van der Waals surface area contributed by atoms with Gasteiger partial charge in [-0.2, -0.15) is 0 Å². The maximum absolute atomic E-state index is 11.6. The van der Waals surface area contributed by atoms with Crippen LogP contribution in [-0.2, 0) is 0 Å². The summed E-state index contributed by atoms with van der Waals surface area (Å²) in [7, 11) is 3.49. The summed E-state index contributed by atoms with van der Waals surface area (Å²) in [6, 6.07) is 1.15. The molecule has 86 valence electrons. The Hall–Kier alpha value is -1.95. The molecule has 1 rings (SSSR count). The van der Waals surface area contributed by atoms with E-state index in [1.165, 1.54) is 10.8 Å². The van der Waals surface area contributed by atoms with Crippen LogP contribution in [-0.4, -0.2) is 41.9 Å². The van der Waals surface area contributed by atoms with Crippen molar-refractivity contribution in [1.82, 2.24) is 9.47 Å². The number of amides is 1. The van der Waals surface area contributed by atoms with E-state index < -0.39 is 11.3 Å². The fourth-order valence-electron chi connectivity index (χ4n) is 1.18. The SMILES string of the molecule is CN(C)CC(=O)n1ccc(=O)c(C(N)=O)c1. The third-order valence-corrected chi connectivity index (χ3v) is 1.93. The van der Waals surface area contributed by atoms with E-state index in [1.807, 2.05) is 0 Å². The second-order valence-electron chi connectivity index (χ2n) is 3.63. The molecule has 0 aliphatic carbocycles. The number of aromatic nitrogens is 1. The first-order valence-electron chi connectivity index (χ1n) is 4.62. The number of likely N-dealkylation sites (N-methyl/N-ethyl adjacent to an activating group) is 1. The van der Waals surface area contributed by atoms with Crippen LogP contribution in [0.1, 0.15) is 15.2 Å². The highest BCUT2D eigenvalue weighted by Crippen LogP contribution is 1.93. The normalized spacial score (nSPS) is 10.4. The van der Waals surface area contributed by atoms with Crippen LogP contribution < -0.4 is 11.2 Å². The fraction of sp³-hybridized carbons (Fsp3) is 0.300. The molecule has 16 heavy (non-hydrogen) atoms. The Balaban J connectivity index is 3.08. The highest BCUT2D eigenvalue weighted by atomic mass is 16.2. The van der Waals surface area contributed by atoms with Crippen molar-refractivity contribution in [3.63, 3.8) is 0 Å². The zero-order valence-corrected chi connectivity index (χ0v) is 9.14. The van der Waals surface area contributed by atoms with Gasteiger partial charge in [-0.15, -0.1) is 0 Å². The van der Waals surface area contributed by atoms with Gasteiger partial charge in [0, 0.05) is 18.5 Å². The number of hydrogen-bond donors (Lipinski definition) is 1. The lowest BCUT2D eigenvalue weighted by Crippen LogP contribution is -2.29. The van der Waals surface area contributed by atoms with E-state index in [2.05, 4.69) is 0 Å². The minimum Gasteiger partial charge on any atom is -0.365 e. The molecule has 6 heteroatoms. The third kappa shape index (κ3) is 2.77. The summed E-state index contributed by atoms with van der Waals surface area (Å²) in [5.74, 6) is -1.08. The first kappa shape index (κ1) is 12.1. The topological polar surface area (TPSA) is 85.4 Å². The van der Waals surface area contributed by atoms with Gasteiger partial charge in [0.25, 0.3) is 5.91 Å². The van der Waals surface area contributed by atoms with Crippen molar-refractivity contribution in [3.05, 3.63) is 34.2 Å². The maximum atomic E-state index is 11.6. The Bertz CT molecular complexity index is 476. The molecule has 0 radical (unpaired) electrons. The first-order valence-corrected chi connectivity index (χ1v) is 4.62. The Morgan fingerprint density at radius 3 is 2.56 bits per heavy atom. The molecule has 1 heterocycles. The summed E-state index contributed by atoms with van der Waals surface area (Å²) < 4.78 is 1.18. The van der Waals surface area contributed by atoms with E-state index in [1.54, 1.807) is 19.0 Å². The van der Waals surface area contributed by atoms with Gasteiger partial charge in [-0.3, -0.25) is 19.0 Å². The molecule has 0 saturated carbocycles. The molecule has 0 aliphatic heterocycles. The molecule has 0 bridgehead atoms. The largest absolute Gasteiger partial charge is 0.365 e. The lowest BCUT2D eigenvalue weighted by atomic mass is 10.2. The zero-order chi connectivity index (χ0) is 12.3. The standard InChI is InChI=1S/C10H13N3O3/c1-12(2)6-9(15)13-4-3-8(14)7(5-13)10(11)16/h3-5H,6H2,1-2H3,(H2,11,16). The average Bonchev–Trinajstić information content (AvgIpc) is 2.16. The summed E-state index contributed by atoms with van der Waals surface area (Å²) in [6.45, 7) is 0.182. The van der Waals surface area contributed by atoms with E-state index in [9.17, 15) is 14.4 Å². The van der Waals surface area contributed by atoms with E-state index in [0.717, 1.165) is 12.3 Å². The summed E-state index contributed by atoms with van der Waals surface area (Å²) in [4.78, 5) is 35.4. The number of primary amides is 1. The average molecular weight is 223 g/mol. The molecule has 0 atom stereocenters. The second kappa shape index (κ2) is 4.71. The van der Waals surface area contributed by atoms with Crippen LogP contribution in [0.2, 0.25) is 0 Å². The van der Waals surface area contributed by atoms with E-state index in [0.29, 0.717) is 0 Å². The smallest absolute Gasteiger partial charge is 0.254 e. The number of hydrogen-bond acceptors (Lipinski definition) is 4. The molecule has 1 amide bonds. The molecule has 0 aromatic carbocycles. The quantitative estimate of drug-likeness (QED) is 0.723. The van der Waals surface area contributed by atoms with Crippen LogP contribution in [0, 0.1) is 0 Å². The first-order chi connectivity index (χ1) is 7.41. The minimum atomic E-state index is -0.836. The number of rotatable bonds is 3. The van der Waals surface area contributed by atoms with Gasteiger partial charge in [-0.1, -0.05) is 0 Å². The second-order valence-corrected chi connectivity index (χ2v) is 3.63. The van der Waals surface area contributed by atoms with Gasteiger partial charge in [0.15, 0.2) is 5.43 Å². The summed E-state index contributed by atoms with van der Waals surface area (Å²) in [5.41, 5.74) is 4.34. The molecule has 0 saturated heterocycles.